The van der Waals surface area contributed by atoms with Crippen LogP contribution in [0.25, 0.3) is 0 Å². The normalized spacial score (nSPS) is 13.2. The van der Waals surface area contributed by atoms with Crippen LogP contribution in [0, 0.1) is 11.5 Å². The average Bonchev–Trinajstić information content (AvgIpc) is 3.72. The second kappa shape index (κ2) is 14.1. The first-order valence-electron chi connectivity index (χ1n) is 12.4. The Balaban J connectivity index is 1.82. The van der Waals surface area contributed by atoms with Gasteiger partial charge in [-0.25, -0.2) is 4.90 Å². The minimum Gasteiger partial charge on any atom is -0.493 e. The molecule has 0 aromatic heterocycles. The molecule has 1 N–H and O–H groups in total. The number of carbonyl (C=O) groups excluding carboxylic acids is 2. The molecule has 1 aliphatic carbocycles. The molecule has 1 aliphatic rings. The van der Waals surface area contributed by atoms with Crippen molar-refractivity contribution in [2.45, 2.75) is 51.0 Å². The number of nitriles is 1. The highest BCUT2D eigenvalue weighted by molar-refractivity contribution is 9.10. The number of nitrogens with zero attached hydrogens (tertiary/aromatic N) is 2. The smallest absolute Gasteiger partial charge is 0.255 e. The molecule has 196 valence electrons. The zero-order chi connectivity index (χ0) is 26.8. The number of ether oxygens (including phenoxy) is 2. The van der Waals surface area contributed by atoms with E-state index >= 15 is 0 Å². The number of unbranched alkanes of at least 4 members (excludes halogenated alkanes) is 2. The van der Waals surface area contributed by atoms with Gasteiger partial charge in [0.05, 0.1) is 23.1 Å². The van der Waals surface area contributed by atoms with E-state index < -0.39 is 5.92 Å². The molecule has 0 aliphatic heterocycles. The van der Waals surface area contributed by atoms with Gasteiger partial charge in [-0.05, 0) is 55.2 Å². The van der Waals surface area contributed by atoms with Crippen LogP contribution < -0.4 is 14.8 Å². The Hall–Kier alpha value is -3.02. The Bertz CT molecular complexity index is 1160. The molecule has 2 amide bonds. The van der Waals surface area contributed by atoms with Crippen LogP contribution in [-0.2, 0) is 4.79 Å². The summed E-state index contributed by atoms with van der Waals surface area (Å²) in [7, 11) is 0. The fourth-order valence-electron chi connectivity index (χ4n) is 3.79. The van der Waals surface area contributed by atoms with Crippen LogP contribution in [0.4, 0.5) is 0 Å². The molecule has 2 aromatic carbocycles. The van der Waals surface area contributed by atoms with E-state index in [2.05, 4.69) is 34.7 Å². The minimum atomic E-state index is -0.809. The highest BCUT2D eigenvalue weighted by Crippen LogP contribution is 2.33. The lowest BCUT2D eigenvalue weighted by molar-refractivity contribution is -0.130. The second-order valence-electron chi connectivity index (χ2n) is 8.79. The third-order valence-corrected chi connectivity index (χ3v) is 6.72. The van der Waals surface area contributed by atoms with Crippen LogP contribution in [0.1, 0.15) is 60.9 Å². The number of carbonyl (C=O) groups is 2. The number of rotatable bonds is 14. The summed E-state index contributed by atoms with van der Waals surface area (Å²) in [6.45, 7) is 6.52. The van der Waals surface area contributed by atoms with Gasteiger partial charge in [-0.2, -0.15) is 5.26 Å². The van der Waals surface area contributed by atoms with Crippen LogP contribution in [0.3, 0.4) is 0 Å². The van der Waals surface area contributed by atoms with Crippen molar-refractivity contribution in [3.05, 3.63) is 69.7 Å². The Morgan fingerprint density at radius 3 is 2.65 bits per heavy atom. The predicted octanol–water partition coefficient (Wildman–Crippen LogP) is 6.22. The molecule has 2 aromatic rings. The molecule has 0 unspecified atom stereocenters. The van der Waals surface area contributed by atoms with E-state index in [1.807, 2.05) is 12.3 Å². The maximum absolute atomic E-state index is 13.4. The molecule has 7 nitrogen and oxygen atoms in total. The van der Waals surface area contributed by atoms with E-state index in [1.54, 1.807) is 36.4 Å². The number of amides is 2. The lowest BCUT2D eigenvalue weighted by atomic mass is 9.96. The third-order valence-electron chi connectivity index (χ3n) is 5.93. The van der Waals surface area contributed by atoms with Crippen LogP contribution >= 0.6 is 27.5 Å². The highest BCUT2D eigenvalue weighted by atomic mass is 79.9. The standard InChI is InChI=1S/C28H31BrClN3O4/c1-3-5-6-14-37-25-12-8-20(29)16-22(25)27(34)32-17-23(28(35)33(18-31)21-9-10-21)19-7-11-26(24(30)15-19)36-13-4-2/h4,7-8,11-12,15-16,21,23H,2-3,5-6,9-10,13-14,17H2,1H3,(H,32,34)/t23-/m0/s1. The van der Waals surface area contributed by atoms with Crippen molar-refractivity contribution in [3.63, 3.8) is 0 Å². The second-order valence-corrected chi connectivity index (χ2v) is 10.1. The molecule has 1 saturated carbocycles. The van der Waals surface area contributed by atoms with E-state index in [0.29, 0.717) is 34.3 Å². The Morgan fingerprint density at radius 1 is 1.24 bits per heavy atom. The first-order chi connectivity index (χ1) is 17.9. The molecule has 0 spiro atoms. The van der Waals surface area contributed by atoms with Crippen molar-refractivity contribution >= 4 is 39.3 Å². The molecule has 0 bridgehead atoms. The van der Waals surface area contributed by atoms with E-state index in [0.717, 1.165) is 36.6 Å². The van der Waals surface area contributed by atoms with Crippen molar-refractivity contribution in [2.24, 2.45) is 0 Å². The van der Waals surface area contributed by atoms with E-state index in [4.69, 9.17) is 21.1 Å². The molecule has 1 fully saturated rings. The summed E-state index contributed by atoms with van der Waals surface area (Å²) in [5, 5.41) is 12.8. The van der Waals surface area contributed by atoms with Gasteiger partial charge in [0.15, 0.2) is 6.19 Å². The first-order valence-corrected chi connectivity index (χ1v) is 13.5. The SMILES string of the molecule is C=CCOc1ccc([C@H](CNC(=O)c2cc(Br)ccc2OCCCCC)C(=O)N(C#N)C2CC2)cc1Cl. The van der Waals surface area contributed by atoms with Gasteiger partial charge in [-0.3, -0.25) is 9.59 Å². The molecule has 0 heterocycles. The van der Waals surface area contributed by atoms with Crippen LogP contribution in [0.2, 0.25) is 5.02 Å². The van der Waals surface area contributed by atoms with Crippen molar-refractivity contribution in [2.75, 3.05) is 19.8 Å². The predicted molar refractivity (Wildman–Crippen MR) is 147 cm³/mol. The fourth-order valence-corrected chi connectivity index (χ4v) is 4.39. The first kappa shape index (κ1) is 28.5. The third kappa shape index (κ3) is 7.98. The summed E-state index contributed by atoms with van der Waals surface area (Å²) in [5.74, 6) is -0.638. The molecule has 37 heavy (non-hydrogen) atoms. The van der Waals surface area contributed by atoms with Crippen molar-refractivity contribution < 1.29 is 19.1 Å². The monoisotopic (exact) mass is 587 g/mol. The zero-order valence-corrected chi connectivity index (χ0v) is 23.2. The van der Waals surface area contributed by atoms with Gasteiger partial charge in [-0.15, -0.1) is 0 Å². The van der Waals surface area contributed by atoms with Crippen LogP contribution in [-0.4, -0.2) is 42.5 Å². The van der Waals surface area contributed by atoms with Crippen molar-refractivity contribution in [3.8, 4) is 17.7 Å². The highest BCUT2D eigenvalue weighted by Gasteiger charge is 2.37. The quantitative estimate of drug-likeness (QED) is 0.122. The van der Waals surface area contributed by atoms with Gasteiger partial charge in [0.1, 0.15) is 18.1 Å². The lowest BCUT2D eigenvalue weighted by Gasteiger charge is -2.23. The molecule has 0 radical (unpaired) electrons. The molecule has 9 heteroatoms. The van der Waals surface area contributed by atoms with Crippen molar-refractivity contribution in [1.29, 1.82) is 5.26 Å². The summed E-state index contributed by atoms with van der Waals surface area (Å²) < 4.78 is 12.1. The summed E-state index contributed by atoms with van der Waals surface area (Å²) in [6.07, 6.45) is 8.18. The summed E-state index contributed by atoms with van der Waals surface area (Å²) in [6, 6.07) is 10.2. The van der Waals surface area contributed by atoms with Crippen LogP contribution in [0.15, 0.2) is 53.5 Å². The lowest BCUT2D eigenvalue weighted by Crippen LogP contribution is -2.39. The van der Waals surface area contributed by atoms with E-state index in [1.165, 1.54) is 4.90 Å². The summed E-state index contributed by atoms with van der Waals surface area (Å²) in [5.41, 5.74) is 0.940. The number of benzene rings is 2. The van der Waals surface area contributed by atoms with E-state index in [9.17, 15) is 14.9 Å². The fraction of sp³-hybridized carbons (Fsp3) is 0.393. The minimum absolute atomic E-state index is 0.0203. The van der Waals surface area contributed by atoms with Gasteiger partial charge in [0.2, 0.25) is 5.91 Å². The largest absolute Gasteiger partial charge is 0.493 e. The molecule has 0 saturated heterocycles. The number of halogens is 2. The van der Waals surface area contributed by atoms with Crippen LogP contribution in [0.5, 0.6) is 11.5 Å². The molecule has 3 rings (SSSR count). The molecule has 1 atom stereocenters. The Kier molecular flexibility index (Phi) is 10.8. The molecular weight excluding hydrogens is 558 g/mol. The van der Waals surface area contributed by atoms with Crippen molar-refractivity contribution in [1.82, 2.24) is 10.2 Å². The molecular formula is C28H31BrClN3O4. The van der Waals surface area contributed by atoms with Gasteiger partial charge in [-0.1, -0.05) is 66.0 Å². The topological polar surface area (TPSA) is 91.7 Å². The average molecular weight is 589 g/mol. The maximum Gasteiger partial charge on any atom is 0.255 e. The maximum atomic E-state index is 13.4. The summed E-state index contributed by atoms with van der Waals surface area (Å²) in [4.78, 5) is 27.9. The number of hydrogen-bond acceptors (Lipinski definition) is 5. The Morgan fingerprint density at radius 2 is 2.00 bits per heavy atom. The van der Waals surface area contributed by atoms with Gasteiger partial charge in [0, 0.05) is 17.1 Å². The zero-order valence-electron chi connectivity index (χ0n) is 20.8. The number of hydrogen-bond donors (Lipinski definition) is 1. The van der Waals surface area contributed by atoms with Gasteiger partial charge < -0.3 is 14.8 Å². The summed E-state index contributed by atoms with van der Waals surface area (Å²) >= 11 is 9.83. The number of nitrogens with one attached hydrogen (secondary N) is 1. The Labute approximate surface area is 231 Å². The van der Waals surface area contributed by atoms with Gasteiger partial charge >= 0.3 is 0 Å². The van der Waals surface area contributed by atoms with E-state index in [-0.39, 0.29) is 31.0 Å². The van der Waals surface area contributed by atoms with Gasteiger partial charge in [0.25, 0.3) is 5.91 Å².